The largest absolute Gasteiger partial charge is 0.460 e. The van der Waals surface area contributed by atoms with Crippen LogP contribution in [0, 0.1) is 0 Å². The predicted molar refractivity (Wildman–Crippen MR) is 251 cm³/mol. The first kappa shape index (κ1) is 57.8. The molecule has 1 N–H and O–H groups in total. The lowest BCUT2D eigenvalue weighted by Crippen LogP contribution is -2.44. The summed E-state index contributed by atoms with van der Waals surface area (Å²) in [6, 6.07) is 16.0. The number of benzene rings is 2. The van der Waals surface area contributed by atoms with Crippen LogP contribution in [0.15, 0.2) is 48.5 Å². The van der Waals surface area contributed by atoms with Gasteiger partial charge in [0.25, 0.3) is 0 Å². The Bertz CT molecular complexity index is 1660. The summed E-state index contributed by atoms with van der Waals surface area (Å²) in [5.41, 5.74) is 3.22. The lowest BCUT2D eigenvalue weighted by atomic mass is 9.98. The van der Waals surface area contributed by atoms with Crippen molar-refractivity contribution in [3.8, 4) is 11.1 Å². The predicted octanol–water partition coefficient (Wildman–Crippen LogP) is 5.30. The van der Waals surface area contributed by atoms with Gasteiger partial charge in [-0.25, -0.2) is 4.79 Å². The van der Waals surface area contributed by atoms with Crippen molar-refractivity contribution < 1.29 is 76.1 Å². The van der Waals surface area contributed by atoms with E-state index in [1.165, 1.54) is 0 Å². The summed E-state index contributed by atoms with van der Waals surface area (Å²) in [6.07, 6.45) is 0.160. The molecule has 0 aliphatic heterocycles. The van der Waals surface area contributed by atoms with E-state index in [9.17, 15) is 24.0 Å². The molecule has 0 radical (unpaired) electrons. The van der Waals surface area contributed by atoms with Crippen molar-refractivity contribution in [2.75, 3.05) is 132 Å². The van der Waals surface area contributed by atoms with Crippen molar-refractivity contribution in [3.63, 3.8) is 0 Å². The molecule has 18 heteroatoms. The van der Waals surface area contributed by atoms with Crippen LogP contribution in [-0.2, 0) is 71.3 Å². The van der Waals surface area contributed by atoms with Gasteiger partial charge in [0.15, 0.2) is 5.78 Å². The Labute approximate surface area is 402 Å². The Balaban J connectivity index is 1.29. The Morgan fingerprint density at radius 2 is 0.897 bits per heavy atom. The van der Waals surface area contributed by atoms with E-state index in [1.54, 1.807) is 0 Å². The minimum absolute atomic E-state index is 0.0425. The molecule has 0 bridgehead atoms. The summed E-state index contributed by atoms with van der Waals surface area (Å²) >= 11 is 0. The van der Waals surface area contributed by atoms with Crippen LogP contribution in [0.4, 0.5) is 4.79 Å². The molecule has 2 aromatic carbocycles. The summed E-state index contributed by atoms with van der Waals surface area (Å²) in [7, 11) is 0. The number of nitrogens with zero attached hydrogens (tertiary/aromatic N) is 1. The molecule has 0 saturated heterocycles. The molecule has 382 valence electrons. The molecule has 2 aromatic rings. The highest BCUT2D eigenvalue weighted by molar-refractivity contribution is 5.88. The molecule has 0 saturated carbocycles. The highest BCUT2D eigenvalue weighted by Gasteiger charge is 2.30. The summed E-state index contributed by atoms with van der Waals surface area (Å²) in [4.78, 5) is 64.2. The number of ether oxygens (including phenoxy) is 11. The number of carbonyl (C=O) groups excluding carboxylic acids is 5. The van der Waals surface area contributed by atoms with Crippen molar-refractivity contribution in [1.82, 2.24) is 10.2 Å². The van der Waals surface area contributed by atoms with Crippen LogP contribution in [0.3, 0.4) is 0 Å². The average Bonchev–Trinajstić information content (AvgIpc) is 3.60. The Morgan fingerprint density at radius 1 is 0.500 bits per heavy atom. The lowest BCUT2D eigenvalue weighted by Gasteiger charge is -2.23. The highest BCUT2D eigenvalue weighted by Crippen LogP contribution is 2.44. The van der Waals surface area contributed by atoms with Crippen molar-refractivity contribution >= 4 is 29.7 Å². The van der Waals surface area contributed by atoms with Crippen molar-refractivity contribution in [3.05, 3.63) is 59.7 Å². The molecule has 0 atom stereocenters. The van der Waals surface area contributed by atoms with Gasteiger partial charge >= 0.3 is 18.0 Å². The van der Waals surface area contributed by atoms with E-state index >= 15 is 0 Å². The van der Waals surface area contributed by atoms with E-state index in [0.717, 1.165) is 27.2 Å². The van der Waals surface area contributed by atoms with Gasteiger partial charge in [-0.05, 0) is 70.2 Å². The fraction of sp³-hybridized carbons (Fsp3) is 0.660. The van der Waals surface area contributed by atoms with Gasteiger partial charge in [-0.1, -0.05) is 48.5 Å². The zero-order valence-electron chi connectivity index (χ0n) is 41.1. The van der Waals surface area contributed by atoms with Crippen LogP contribution in [-0.4, -0.2) is 178 Å². The van der Waals surface area contributed by atoms with E-state index in [1.807, 2.05) is 90.1 Å². The first-order chi connectivity index (χ1) is 32.6. The molecule has 0 unspecified atom stereocenters. The van der Waals surface area contributed by atoms with Gasteiger partial charge in [-0.2, -0.15) is 0 Å². The third kappa shape index (κ3) is 26.3. The SMILES string of the molecule is CC(C)(C)OC(=O)CCOCCOCCOCCOCCCC(=O)CN(CC(=O)NCCOCCOCCOCCOCCC(=O)OC(C)(C)C)C(=O)OCC1c2ccccc2-c2ccccc21. The number of nitrogens with one attached hydrogen (secondary N) is 1. The Hall–Kier alpha value is -4.53. The van der Waals surface area contributed by atoms with E-state index in [2.05, 4.69) is 5.32 Å². The zero-order chi connectivity index (χ0) is 49.5. The zero-order valence-corrected chi connectivity index (χ0v) is 41.1. The minimum Gasteiger partial charge on any atom is -0.460 e. The molecule has 0 aromatic heterocycles. The maximum atomic E-state index is 13.6. The monoisotopic (exact) mass is 961 g/mol. The van der Waals surface area contributed by atoms with Gasteiger partial charge in [-0.15, -0.1) is 0 Å². The van der Waals surface area contributed by atoms with E-state index in [-0.39, 0.29) is 89.0 Å². The maximum absolute atomic E-state index is 13.6. The van der Waals surface area contributed by atoms with Crippen LogP contribution in [0.1, 0.15) is 84.3 Å². The van der Waals surface area contributed by atoms with E-state index in [4.69, 9.17) is 52.1 Å². The van der Waals surface area contributed by atoms with Gasteiger partial charge in [0.1, 0.15) is 24.4 Å². The Kier molecular flexibility index (Phi) is 28.1. The van der Waals surface area contributed by atoms with Crippen LogP contribution in [0.5, 0.6) is 0 Å². The quantitative estimate of drug-likeness (QED) is 0.0519. The van der Waals surface area contributed by atoms with Crippen LogP contribution >= 0.6 is 0 Å². The van der Waals surface area contributed by atoms with Crippen molar-refractivity contribution in [2.24, 2.45) is 0 Å². The fourth-order valence-electron chi connectivity index (χ4n) is 6.65. The molecule has 0 fully saturated rings. The van der Waals surface area contributed by atoms with Crippen LogP contribution in [0.25, 0.3) is 11.1 Å². The Morgan fingerprint density at radius 3 is 1.34 bits per heavy atom. The molecule has 3 rings (SSSR count). The number of carbonyl (C=O) groups is 5. The average molecular weight is 961 g/mol. The maximum Gasteiger partial charge on any atom is 0.410 e. The second-order valence-corrected chi connectivity index (χ2v) is 17.7. The number of amides is 2. The number of fused-ring (bicyclic) bond motifs is 3. The van der Waals surface area contributed by atoms with Crippen molar-refractivity contribution in [2.45, 2.75) is 84.3 Å². The standard InChI is InChI=1S/C50H76N2O16/c1-49(2,3)67-46(55)17-21-59-25-29-63-33-32-62-28-24-58-20-11-12-39(53)36-52(48(57)66-38-44-42-15-9-7-13-40(42)41-14-8-10-16-43(41)44)37-45(54)51-19-23-61-27-31-65-35-34-64-30-26-60-22-18-47(56)68-50(4,5)6/h7-10,13-16,44H,11-12,17-38H2,1-6H3,(H,51,54). The molecule has 1 aliphatic carbocycles. The number of Topliss-reactive ketones (excluding diaryl/α,β-unsaturated/α-hetero) is 1. The van der Waals surface area contributed by atoms with Gasteiger partial charge in [-0.3, -0.25) is 24.1 Å². The van der Waals surface area contributed by atoms with Gasteiger partial charge < -0.3 is 57.4 Å². The second kappa shape index (κ2) is 33.1. The van der Waals surface area contributed by atoms with Crippen LogP contribution in [0.2, 0.25) is 0 Å². The lowest BCUT2D eigenvalue weighted by molar-refractivity contribution is -0.157. The number of ketones is 1. The molecule has 18 nitrogen and oxygen atoms in total. The minimum atomic E-state index is -0.762. The van der Waals surface area contributed by atoms with Crippen molar-refractivity contribution in [1.29, 1.82) is 0 Å². The molecule has 2 amide bonds. The molecule has 1 aliphatic rings. The molecule has 0 spiro atoms. The normalized spacial score (nSPS) is 12.3. The molecule has 68 heavy (non-hydrogen) atoms. The highest BCUT2D eigenvalue weighted by atomic mass is 16.6. The first-order valence-corrected chi connectivity index (χ1v) is 23.6. The molecule has 0 heterocycles. The number of rotatable bonds is 37. The van der Waals surface area contributed by atoms with Crippen LogP contribution < -0.4 is 5.32 Å². The third-order valence-electron chi connectivity index (χ3n) is 9.58. The third-order valence-corrected chi connectivity index (χ3v) is 9.58. The fourth-order valence-corrected chi connectivity index (χ4v) is 6.65. The van der Waals surface area contributed by atoms with Gasteiger partial charge in [0.2, 0.25) is 5.91 Å². The number of esters is 2. The summed E-state index contributed by atoms with van der Waals surface area (Å²) < 4.78 is 60.3. The van der Waals surface area contributed by atoms with Gasteiger partial charge in [0.05, 0.1) is 118 Å². The first-order valence-electron chi connectivity index (χ1n) is 23.6. The second-order valence-electron chi connectivity index (χ2n) is 17.7. The molecular weight excluding hydrogens is 885 g/mol. The smallest absolute Gasteiger partial charge is 0.410 e. The van der Waals surface area contributed by atoms with E-state index < -0.39 is 23.2 Å². The summed E-state index contributed by atoms with van der Waals surface area (Å²) in [6.45, 7) is 15.7. The number of hydrogen-bond acceptors (Lipinski definition) is 16. The number of hydrogen-bond donors (Lipinski definition) is 1. The van der Waals surface area contributed by atoms with Gasteiger partial charge in [0, 0.05) is 25.5 Å². The summed E-state index contributed by atoms with van der Waals surface area (Å²) in [5.74, 6) is -1.50. The molecular formula is C50H76N2O16. The topological polar surface area (TPSA) is 202 Å². The van der Waals surface area contributed by atoms with E-state index in [0.29, 0.717) is 92.3 Å². The summed E-state index contributed by atoms with van der Waals surface area (Å²) in [5, 5.41) is 2.74.